The molecule has 336 valence electrons. The molecule has 1 fully saturated rings. The molecule has 21 nitrogen and oxygen atoms in total. The number of ether oxygens (including phenoxy) is 1. The third kappa shape index (κ3) is 27.0. The van der Waals surface area contributed by atoms with Crippen molar-refractivity contribution in [1.29, 1.82) is 0 Å². The first-order valence-electron chi connectivity index (χ1n) is 17.7. The van der Waals surface area contributed by atoms with E-state index in [0.29, 0.717) is 19.8 Å². The number of hydrogen-bond acceptors (Lipinski definition) is 16. The van der Waals surface area contributed by atoms with Gasteiger partial charge in [0.25, 0.3) is 0 Å². The molecule has 0 aromatic heterocycles. The molecule has 1 aliphatic rings. The van der Waals surface area contributed by atoms with E-state index in [1.54, 1.807) is 12.2 Å². The molecular formula is C39H56N2O19. The average Bonchev–Trinajstić information content (AvgIpc) is 3.20. The van der Waals surface area contributed by atoms with Gasteiger partial charge in [-0.15, -0.1) is 0 Å². The van der Waals surface area contributed by atoms with Crippen LogP contribution in [0.15, 0.2) is 58.5 Å². The number of carbonyl (C=O) groups excluding carboxylic acids is 2. The number of benzene rings is 2. The summed E-state index contributed by atoms with van der Waals surface area (Å²) in [5, 5.41) is 90.5. The molecular weight excluding hydrogens is 800 g/mol. The number of carboxylic acids is 5. The van der Waals surface area contributed by atoms with E-state index in [4.69, 9.17) is 56.2 Å². The third-order valence-corrected chi connectivity index (χ3v) is 7.70. The SMILES string of the molecule is CC(CO)(CO)C(=O)O.CC1(C)CC(N=C=O)CC(C)(CN=C=O)C1.O=C(O)c1ccc(C(=O)O)cc1.O=C(O)c1cccc(C(=O)O)c1.OCCO.OCCOCCO. The molecule has 21 heteroatoms. The molecule has 3 rings (SSSR count). The maximum absolute atomic E-state index is 10.4. The second-order valence-corrected chi connectivity index (χ2v) is 13.9. The monoisotopic (exact) mass is 856 g/mol. The number of carboxylic acid groups (broad SMARTS) is 5. The predicted octanol–water partition coefficient (Wildman–Crippen LogP) is 1.43. The Labute approximate surface area is 345 Å². The third-order valence-electron chi connectivity index (χ3n) is 7.70. The molecule has 0 spiro atoms. The molecule has 2 unspecified atom stereocenters. The van der Waals surface area contributed by atoms with E-state index in [1.807, 2.05) is 0 Å². The Balaban J connectivity index is -0.000000677. The summed E-state index contributed by atoms with van der Waals surface area (Å²) >= 11 is 0. The van der Waals surface area contributed by atoms with Gasteiger partial charge in [-0.1, -0.05) is 26.8 Å². The first-order chi connectivity index (χ1) is 28.0. The van der Waals surface area contributed by atoms with E-state index in [9.17, 15) is 33.6 Å². The number of isocyanates is 2. The zero-order chi connectivity index (χ0) is 47.0. The first kappa shape index (κ1) is 58.6. The summed E-state index contributed by atoms with van der Waals surface area (Å²) in [6, 6.07) is 10.2. The van der Waals surface area contributed by atoms with E-state index in [1.165, 1.54) is 49.4 Å². The number of carbonyl (C=O) groups is 5. The predicted molar refractivity (Wildman–Crippen MR) is 210 cm³/mol. The van der Waals surface area contributed by atoms with Crippen molar-refractivity contribution < 1.29 is 94.5 Å². The maximum atomic E-state index is 10.4. The molecule has 0 aliphatic heterocycles. The van der Waals surface area contributed by atoms with Crippen LogP contribution in [0.5, 0.6) is 0 Å². The lowest BCUT2D eigenvalue weighted by molar-refractivity contribution is -0.152. The van der Waals surface area contributed by atoms with E-state index >= 15 is 0 Å². The highest BCUT2D eigenvalue weighted by Gasteiger charge is 2.41. The van der Waals surface area contributed by atoms with Gasteiger partial charge in [0.15, 0.2) is 0 Å². The summed E-state index contributed by atoms with van der Waals surface area (Å²) in [7, 11) is 0. The number of aliphatic hydroxyl groups excluding tert-OH is 6. The summed E-state index contributed by atoms with van der Waals surface area (Å²) in [6.45, 7) is 7.49. The molecule has 0 bridgehead atoms. The molecule has 1 aliphatic carbocycles. The molecule has 0 saturated heterocycles. The lowest BCUT2D eigenvalue weighted by Crippen LogP contribution is -2.39. The van der Waals surface area contributed by atoms with Crippen LogP contribution >= 0.6 is 0 Å². The van der Waals surface area contributed by atoms with Gasteiger partial charge in [0, 0.05) is 0 Å². The van der Waals surface area contributed by atoms with Crippen molar-refractivity contribution in [2.75, 3.05) is 59.4 Å². The van der Waals surface area contributed by atoms with Gasteiger partial charge in [-0.05, 0) is 79.5 Å². The van der Waals surface area contributed by atoms with Crippen LogP contribution in [-0.2, 0) is 19.1 Å². The Hall–Kier alpha value is -5.73. The van der Waals surface area contributed by atoms with Gasteiger partial charge >= 0.3 is 29.8 Å². The second kappa shape index (κ2) is 32.2. The molecule has 0 heterocycles. The summed E-state index contributed by atoms with van der Waals surface area (Å²) in [5.74, 6) is -5.57. The molecule has 60 heavy (non-hydrogen) atoms. The van der Waals surface area contributed by atoms with E-state index in [2.05, 4.69) is 35.5 Å². The molecule has 2 aromatic carbocycles. The Morgan fingerprint density at radius 3 is 1.37 bits per heavy atom. The highest BCUT2D eigenvalue weighted by molar-refractivity contribution is 5.93. The number of aliphatic hydroxyl groups is 6. The molecule has 11 N–H and O–H groups in total. The zero-order valence-electron chi connectivity index (χ0n) is 33.8. The highest BCUT2D eigenvalue weighted by atomic mass is 16.5. The van der Waals surface area contributed by atoms with Crippen LogP contribution in [-0.4, -0.2) is 164 Å². The summed E-state index contributed by atoms with van der Waals surface area (Å²) < 4.78 is 4.63. The number of rotatable bonds is 15. The van der Waals surface area contributed by atoms with Crippen LogP contribution in [0.4, 0.5) is 0 Å². The number of nitrogens with zero attached hydrogens (tertiary/aromatic N) is 2. The standard InChI is InChI=1S/C12H18N2O2.2C8H6O4.C5H10O4.C4H10O3.C2H6O2/c1-11(2)4-10(14-9-16)5-12(3,6-11)7-13-8-15;9-7(10)5-1-2-6(4-3-5)8(11)12;9-7(10)5-2-1-3-6(4-5)8(11)12;1-5(2-6,3-7)4(8)9;5-1-3-7-4-2-6;3-1-2-4/h10H,4-7H2,1-3H3;2*1-4H,(H,9,10)(H,11,12);6-7H,2-3H2,1H3,(H,8,9);5-6H,1-4H2;3-4H,1-2H2. The van der Waals surface area contributed by atoms with E-state index in [-0.39, 0.29) is 65.6 Å². The first-order valence-corrected chi connectivity index (χ1v) is 17.7. The summed E-state index contributed by atoms with van der Waals surface area (Å²) in [5.41, 5.74) is -1.20. The van der Waals surface area contributed by atoms with Crippen molar-refractivity contribution in [1.82, 2.24) is 0 Å². The summed E-state index contributed by atoms with van der Waals surface area (Å²) in [6.07, 6.45) is 5.88. The minimum Gasteiger partial charge on any atom is -0.481 e. The number of aliphatic imine (C=N–C) groups is 2. The Kier molecular flexibility index (Phi) is 31.4. The van der Waals surface area contributed by atoms with Gasteiger partial charge in [0.2, 0.25) is 12.2 Å². The molecule has 0 amide bonds. The smallest absolute Gasteiger partial charge is 0.335 e. The fraction of sp³-hybridized carbons (Fsp3) is 0.513. The highest BCUT2D eigenvalue weighted by Crippen LogP contribution is 2.47. The van der Waals surface area contributed by atoms with Gasteiger partial charge in [0.05, 0.1) is 87.7 Å². The van der Waals surface area contributed by atoms with Crippen molar-refractivity contribution in [3.05, 3.63) is 70.8 Å². The summed E-state index contributed by atoms with van der Waals surface area (Å²) in [4.78, 5) is 79.6. The fourth-order valence-corrected chi connectivity index (χ4v) is 5.05. The van der Waals surface area contributed by atoms with Crippen LogP contribution in [0.25, 0.3) is 0 Å². The van der Waals surface area contributed by atoms with Crippen LogP contribution < -0.4 is 0 Å². The number of aromatic carboxylic acids is 4. The van der Waals surface area contributed by atoms with Gasteiger partial charge in [-0.3, -0.25) is 4.79 Å². The average molecular weight is 857 g/mol. The van der Waals surface area contributed by atoms with Crippen molar-refractivity contribution >= 4 is 42.0 Å². The van der Waals surface area contributed by atoms with Crippen LogP contribution in [0, 0.1) is 16.2 Å². The fourth-order valence-electron chi connectivity index (χ4n) is 5.05. The lowest BCUT2D eigenvalue weighted by Gasteiger charge is -2.44. The number of aliphatic carboxylic acids is 1. The van der Waals surface area contributed by atoms with Crippen LogP contribution in [0.3, 0.4) is 0 Å². The molecule has 0 radical (unpaired) electrons. The zero-order valence-corrected chi connectivity index (χ0v) is 33.8. The van der Waals surface area contributed by atoms with Crippen LogP contribution in [0.2, 0.25) is 0 Å². The van der Waals surface area contributed by atoms with E-state index in [0.717, 1.165) is 25.3 Å². The second-order valence-electron chi connectivity index (χ2n) is 13.9. The molecule has 2 aromatic rings. The van der Waals surface area contributed by atoms with Crippen molar-refractivity contribution in [2.45, 2.75) is 53.0 Å². The quantitative estimate of drug-likeness (QED) is 0.0685. The van der Waals surface area contributed by atoms with Crippen molar-refractivity contribution in [3.8, 4) is 0 Å². The van der Waals surface area contributed by atoms with Gasteiger partial charge in [-0.25, -0.2) is 38.8 Å². The Bertz CT molecular complexity index is 1610. The molecule has 2 atom stereocenters. The van der Waals surface area contributed by atoms with Crippen LogP contribution in [0.1, 0.15) is 88.4 Å². The molecule has 1 saturated carbocycles. The topological polar surface area (TPSA) is 376 Å². The van der Waals surface area contributed by atoms with Crippen molar-refractivity contribution in [3.63, 3.8) is 0 Å². The van der Waals surface area contributed by atoms with Gasteiger partial charge < -0.3 is 60.9 Å². The minimum absolute atomic E-state index is 0.00750. The van der Waals surface area contributed by atoms with E-state index < -0.39 is 48.5 Å². The number of hydrogen-bond donors (Lipinski definition) is 11. The van der Waals surface area contributed by atoms with Gasteiger partial charge in [0.1, 0.15) is 5.41 Å². The lowest BCUT2D eigenvalue weighted by atomic mass is 9.63. The maximum Gasteiger partial charge on any atom is 0.335 e. The van der Waals surface area contributed by atoms with Gasteiger partial charge in [-0.2, -0.15) is 0 Å². The Morgan fingerprint density at radius 2 is 1.08 bits per heavy atom. The normalized spacial score (nSPS) is 15.7. The Morgan fingerprint density at radius 1 is 0.667 bits per heavy atom. The minimum atomic E-state index is -1.39. The van der Waals surface area contributed by atoms with Crippen molar-refractivity contribution in [2.24, 2.45) is 26.2 Å². The largest absolute Gasteiger partial charge is 0.481 e.